The largest absolute Gasteiger partial charge is 0.492 e. The molecule has 0 unspecified atom stereocenters. The quantitative estimate of drug-likeness (QED) is 0.488. The summed E-state index contributed by atoms with van der Waals surface area (Å²) in [5, 5.41) is 15.9. The Kier molecular flexibility index (Phi) is 5.29. The molecule has 0 radical (unpaired) electrons. The van der Waals surface area contributed by atoms with Crippen LogP contribution >= 0.6 is 22.9 Å². The van der Waals surface area contributed by atoms with E-state index in [0.717, 1.165) is 42.3 Å². The molecule has 0 aliphatic carbocycles. The van der Waals surface area contributed by atoms with Gasteiger partial charge in [0.25, 0.3) is 0 Å². The molecule has 0 spiro atoms. The number of anilines is 1. The summed E-state index contributed by atoms with van der Waals surface area (Å²) in [6, 6.07) is 14.1. The van der Waals surface area contributed by atoms with Crippen molar-refractivity contribution in [1.29, 1.82) is 0 Å². The fraction of sp³-hybridized carbons (Fsp3) is 0.273. The van der Waals surface area contributed by atoms with Crippen LogP contribution in [0.4, 0.5) is 10.1 Å². The lowest BCUT2D eigenvalue weighted by Crippen LogP contribution is -2.47. The van der Waals surface area contributed by atoms with Gasteiger partial charge in [-0.25, -0.2) is 9.37 Å². The maximum atomic E-state index is 14.1. The summed E-state index contributed by atoms with van der Waals surface area (Å²) in [6.45, 7) is 4.89. The number of hydrogen-bond donors (Lipinski definition) is 1. The molecule has 4 aromatic rings. The fourth-order valence-electron chi connectivity index (χ4n) is 4.14. The topological polar surface area (TPSA) is 56.9 Å². The number of benzene rings is 2. The molecule has 0 bridgehead atoms. The number of aryl methyl sites for hydroxylation is 1. The fourth-order valence-corrected chi connectivity index (χ4v) is 5.49. The molecule has 3 heterocycles. The van der Waals surface area contributed by atoms with Crippen molar-refractivity contribution in [2.75, 3.05) is 31.1 Å². The monoisotopic (exact) mass is 457 g/mol. The zero-order chi connectivity index (χ0) is 21.5. The Labute approximate surface area is 188 Å². The molecule has 1 atom stereocenters. The molecule has 2 aromatic heterocycles. The van der Waals surface area contributed by atoms with Crippen LogP contribution in [0.5, 0.6) is 5.88 Å². The lowest BCUT2D eigenvalue weighted by atomic mass is 10.0. The van der Waals surface area contributed by atoms with E-state index in [9.17, 15) is 9.50 Å². The first-order valence-electron chi connectivity index (χ1n) is 10.0. The number of nitrogens with zero attached hydrogens (tertiary/aromatic N) is 5. The third kappa shape index (κ3) is 3.86. The second-order valence-electron chi connectivity index (χ2n) is 7.60. The molecule has 1 fully saturated rings. The van der Waals surface area contributed by atoms with E-state index in [-0.39, 0.29) is 17.7 Å². The highest BCUT2D eigenvalue weighted by Crippen LogP contribution is 2.40. The first-order valence-corrected chi connectivity index (χ1v) is 11.2. The molecule has 0 saturated carbocycles. The molecule has 31 heavy (non-hydrogen) atoms. The maximum absolute atomic E-state index is 14.1. The first-order chi connectivity index (χ1) is 15.0. The van der Waals surface area contributed by atoms with E-state index in [1.165, 1.54) is 28.0 Å². The zero-order valence-corrected chi connectivity index (χ0v) is 18.4. The summed E-state index contributed by atoms with van der Waals surface area (Å²) >= 11 is 7.55. The predicted molar refractivity (Wildman–Crippen MR) is 121 cm³/mol. The van der Waals surface area contributed by atoms with Crippen molar-refractivity contribution in [2.24, 2.45) is 0 Å². The van der Waals surface area contributed by atoms with Crippen molar-refractivity contribution >= 4 is 33.6 Å². The molecular formula is C22H21ClFN5OS. The van der Waals surface area contributed by atoms with Crippen LogP contribution in [0, 0.1) is 12.7 Å². The van der Waals surface area contributed by atoms with Crippen LogP contribution in [0.25, 0.3) is 4.96 Å². The Morgan fingerprint density at radius 2 is 1.87 bits per heavy atom. The molecule has 5 rings (SSSR count). The predicted octanol–water partition coefficient (Wildman–Crippen LogP) is 4.51. The van der Waals surface area contributed by atoms with Crippen LogP contribution in [0.2, 0.25) is 5.02 Å². The van der Waals surface area contributed by atoms with Crippen molar-refractivity contribution in [3.05, 3.63) is 75.6 Å². The number of fused-ring (bicyclic) bond motifs is 1. The Hall–Kier alpha value is -2.68. The summed E-state index contributed by atoms with van der Waals surface area (Å²) < 4.78 is 15.6. The average Bonchev–Trinajstić information content (AvgIpc) is 3.26. The van der Waals surface area contributed by atoms with Crippen LogP contribution in [0.3, 0.4) is 0 Å². The van der Waals surface area contributed by atoms with Crippen LogP contribution < -0.4 is 4.90 Å². The van der Waals surface area contributed by atoms with E-state index in [1.54, 1.807) is 13.0 Å². The Balaban J connectivity index is 1.48. The van der Waals surface area contributed by atoms with Crippen molar-refractivity contribution in [1.82, 2.24) is 19.5 Å². The van der Waals surface area contributed by atoms with Crippen molar-refractivity contribution < 1.29 is 9.50 Å². The lowest BCUT2D eigenvalue weighted by molar-refractivity contribution is 0.211. The number of thiazole rings is 1. The highest BCUT2D eigenvalue weighted by molar-refractivity contribution is 7.17. The van der Waals surface area contributed by atoms with Gasteiger partial charge in [-0.2, -0.15) is 4.52 Å². The third-order valence-electron chi connectivity index (χ3n) is 5.57. The molecular weight excluding hydrogens is 437 g/mol. The SMILES string of the molecule is Cc1nc2sc([C@@H](c3cccc(F)c3)N3CCN(c4cccc(Cl)c4)CC3)c(O)n2n1. The van der Waals surface area contributed by atoms with Gasteiger partial charge in [0.05, 0.1) is 10.9 Å². The van der Waals surface area contributed by atoms with Gasteiger partial charge in [-0.3, -0.25) is 4.90 Å². The van der Waals surface area contributed by atoms with Gasteiger partial charge < -0.3 is 10.0 Å². The van der Waals surface area contributed by atoms with Gasteiger partial charge in [0.15, 0.2) is 0 Å². The number of halogens is 2. The highest BCUT2D eigenvalue weighted by atomic mass is 35.5. The van der Waals surface area contributed by atoms with Crippen LogP contribution in [0.15, 0.2) is 48.5 Å². The third-order valence-corrected chi connectivity index (χ3v) is 6.88. The van der Waals surface area contributed by atoms with E-state index < -0.39 is 0 Å². The van der Waals surface area contributed by atoms with Gasteiger partial charge >= 0.3 is 0 Å². The molecule has 1 saturated heterocycles. The number of piperazine rings is 1. The maximum Gasteiger partial charge on any atom is 0.230 e. The van der Waals surface area contributed by atoms with Crippen molar-refractivity contribution in [3.8, 4) is 5.88 Å². The van der Waals surface area contributed by atoms with Crippen LogP contribution in [-0.4, -0.2) is 50.8 Å². The van der Waals surface area contributed by atoms with E-state index in [2.05, 4.69) is 25.9 Å². The van der Waals surface area contributed by atoms with Gasteiger partial charge in [0, 0.05) is 36.9 Å². The summed E-state index contributed by atoms with van der Waals surface area (Å²) in [5.74, 6) is 0.368. The van der Waals surface area contributed by atoms with Crippen molar-refractivity contribution in [2.45, 2.75) is 13.0 Å². The average molecular weight is 458 g/mol. The zero-order valence-electron chi connectivity index (χ0n) is 16.9. The lowest BCUT2D eigenvalue weighted by Gasteiger charge is -2.40. The van der Waals surface area contributed by atoms with E-state index in [0.29, 0.717) is 15.8 Å². The first kappa shape index (κ1) is 20.2. The number of aromatic hydroxyl groups is 1. The Morgan fingerprint density at radius 3 is 2.58 bits per heavy atom. The smallest absolute Gasteiger partial charge is 0.230 e. The Morgan fingerprint density at radius 1 is 1.10 bits per heavy atom. The standard InChI is InChI=1S/C22H21ClFN5OS/c1-14-25-22-29(26-14)21(30)20(31-22)19(15-4-2-6-17(24)12-15)28-10-8-27(9-11-28)18-7-3-5-16(23)13-18/h2-7,12-13,19,30H,8-11H2,1H3/t19-/m1/s1. The normalized spacial score (nSPS) is 16.2. The molecule has 9 heteroatoms. The van der Waals surface area contributed by atoms with Gasteiger partial charge in [0.2, 0.25) is 10.8 Å². The van der Waals surface area contributed by atoms with Gasteiger partial charge in [-0.15, -0.1) is 5.10 Å². The van der Waals surface area contributed by atoms with Gasteiger partial charge in [0.1, 0.15) is 11.6 Å². The molecule has 160 valence electrons. The minimum Gasteiger partial charge on any atom is -0.492 e. The second kappa shape index (κ2) is 8.11. The summed E-state index contributed by atoms with van der Waals surface area (Å²) in [4.78, 5) is 10.3. The summed E-state index contributed by atoms with van der Waals surface area (Å²) in [6.07, 6.45) is 0. The van der Waals surface area contributed by atoms with E-state index in [4.69, 9.17) is 11.6 Å². The molecule has 0 amide bonds. The molecule has 1 aliphatic rings. The summed E-state index contributed by atoms with van der Waals surface area (Å²) in [5.41, 5.74) is 1.89. The number of hydrogen-bond acceptors (Lipinski definition) is 6. The summed E-state index contributed by atoms with van der Waals surface area (Å²) in [7, 11) is 0. The van der Waals surface area contributed by atoms with E-state index >= 15 is 0 Å². The molecule has 1 aliphatic heterocycles. The van der Waals surface area contributed by atoms with Crippen molar-refractivity contribution in [3.63, 3.8) is 0 Å². The minimum atomic E-state index is -0.296. The second-order valence-corrected chi connectivity index (χ2v) is 9.05. The van der Waals surface area contributed by atoms with Gasteiger partial charge in [-0.05, 0) is 42.8 Å². The molecule has 2 aromatic carbocycles. The highest BCUT2D eigenvalue weighted by Gasteiger charge is 2.32. The molecule has 6 nitrogen and oxygen atoms in total. The minimum absolute atomic E-state index is 0.0622. The number of aromatic nitrogens is 3. The molecule has 1 N–H and O–H groups in total. The Bertz CT molecular complexity index is 1230. The number of rotatable bonds is 4. The van der Waals surface area contributed by atoms with E-state index in [1.807, 2.05) is 24.3 Å². The van der Waals surface area contributed by atoms with Crippen LogP contribution in [0.1, 0.15) is 22.3 Å². The van der Waals surface area contributed by atoms with Crippen LogP contribution in [-0.2, 0) is 0 Å². The van der Waals surface area contributed by atoms with Gasteiger partial charge in [-0.1, -0.05) is 41.1 Å².